The number of ether oxygens (including phenoxy) is 3. The van der Waals surface area contributed by atoms with Crippen molar-refractivity contribution in [1.82, 2.24) is 0 Å². The van der Waals surface area contributed by atoms with E-state index >= 15 is 0 Å². The topological polar surface area (TPSA) is 73.9 Å². The number of halogens is 2. The minimum absolute atomic E-state index is 0.0511. The average molecular weight is 419 g/mol. The van der Waals surface area contributed by atoms with E-state index in [4.69, 9.17) is 14.2 Å². The van der Waals surface area contributed by atoms with Gasteiger partial charge in [-0.25, -0.2) is 13.6 Å². The second kappa shape index (κ2) is 10.9. The van der Waals surface area contributed by atoms with Crippen LogP contribution in [0, 0.1) is 11.6 Å². The summed E-state index contributed by atoms with van der Waals surface area (Å²) in [6, 6.07) is 8.12. The Labute approximate surface area is 173 Å². The van der Waals surface area contributed by atoms with Crippen LogP contribution in [0.25, 0.3) is 6.08 Å². The monoisotopic (exact) mass is 419 g/mol. The smallest absolute Gasteiger partial charge is 0.331 e. The zero-order chi connectivity index (χ0) is 22.1. The second-order valence-electron chi connectivity index (χ2n) is 6.10. The number of anilines is 1. The predicted molar refractivity (Wildman–Crippen MR) is 108 cm³/mol. The molecule has 8 heteroatoms. The van der Waals surface area contributed by atoms with E-state index in [-0.39, 0.29) is 5.69 Å². The number of hydrogen-bond donors (Lipinski definition) is 1. The first-order valence-corrected chi connectivity index (χ1v) is 9.38. The van der Waals surface area contributed by atoms with Crippen LogP contribution in [0.4, 0.5) is 14.5 Å². The molecule has 0 spiro atoms. The Hall–Kier alpha value is -3.42. The van der Waals surface area contributed by atoms with E-state index < -0.39 is 29.6 Å². The maximum atomic E-state index is 13.2. The molecule has 0 radical (unpaired) electrons. The van der Waals surface area contributed by atoms with E-state index in [1.165, 1.54) is 25.1 Å². The molecule has 0 saturated carbocycles. The van der Waals surface area contributed by atoms with E-state index in [1.807, 2.05) is 13.8 Å². The minimum atomic E-state index is -1.14. The van der Waals surface area contributed by atoms with Gasteiger partial charge in [-0.3, -0.25) is 4.79 Å². The van der Waals surface area contributed by atoms with Gasteiger partial charge < -0.3 is 19.5 Å². The Balaban J connectivity index is 1.96. The lowest BCUT2D eigenvalue weighted by Crippen LogP contribution is -2.29. The first-order chi connectivity index (χ1) is 14.3. The number of rotatable bonds is 9. The molecule has 0 aliphatic rings. The summed E-state index contributed by atoms with van der Waals surface area (Å²) in [5, 5.41) is 2.35. The number of amides is 1. The summed E-state index contributed by atoms with van der Waals surface area (Å²) in [7, 11) is 0. The van der Waals surface area contributed by atoms with Crippen LogP contribution in [-0.2, 0) is 14.3 Å². The Kier molecular flexibility index (Phi) is 8.34. The molecule has 0 unspecified atom stereocenters. The van der Waals surface area contributed by atoms with Crippen LogP contribution in [0.5, 0.6) is 11.5 Å². The largest absolute Gasteiger partial charge is 0.490 e. The maximum absolute atomic E-state index is 13.2. The molecule has 0 saturated heterocycles. The van der Waals surface area contributed by atoms with Crippen molar-refractivity contribution in [2.24, 2.45) is 0 Å². The van der Waals surface area contributed by atoms with Crippen molar-refractivity contribution in [2.75, 3.05) is 18.5 Å². The molecule has 1 atom stereocenters. The van der Waals surface area contributed by atoms with E-state index in [0.717, 1.165) is 12.1 Å². The Morgan fingerprint density at radius 2 is 1.70 bits per heavy atom. The summed E-state index contributed by atoms with van der Waals surface area (Å²) in [6.07, 6.45) is 1.54. The summed E-state index contributed by atoms with van der Waals surface area (Å²) in [4.78, 5) is 24.1. The van der Waals surface area contributed by atoms with Crippen molar-refractivity contribution in [2.45, 2.75) is 26.9 Å². The van der Waals surface area contributed by atoms with Gasteiger partial charge in [0.25, 0.3) is 5.91 Å². The highest BCUT2D eigenvalue weighted by Crippen LogP contribution is 2.29. The molecule has 2 rings (SSSR count). The lowest BCUT2D eigenvalue weighted by atomic mass is 10.2. The van der Waals surface area contributed by atoms with Crippen LogP contribution < -0.4 is 14.8 Å². The molecule has 0 bridgehead atoms. The third-order valence-corrected chi connectivity index (χ3v) is 3.83. The maximum Gasteiger partial charge on any atom is 0.331 e. The summed E-state index contributed by atoms with van der Waals surface area (Å²) >= 11 is 0. The van der Waals surface area contributed by atoms with Gasteiger partial charge in [0, 0.05) is 17.8 Å². The van der Waals surface area contributed by atoms with E-state index in [1.54, 1.807) is 18.2 Å². The molecule has 6 nitrogen and oxygen atoms in total. The first kappa shape index (κ1) is 22.9. The second-order valence-corrected chi connectivity index (χ2v) is 6.10. The number of hydrogen-bond acceptors (Lipinski definition) is 5. The zero-order valence-electron chi connectivity index (χ0n) is 16.9. The molecule has 0 aliphatic heterocycles. The molecule has 30 heavy (non-hydrogen) atoms. The highest BCUT2D eigenvalue weighted by Gasteiger charge is 2.17. The van der Waals surface area contributed by atoms with Gasteiger partial charge in [-0.1, -0.05) is 6.07 Å². The SMILES string of the molecule is CCOc1ccc(/C=C/C(=O)O[C@H](C)C(=O)Nc2ccc(F)c(F)c2)cc1OCC. The first-order valence-electron chi connectivity index (χ1n) is 9.38. The van der Waals surface area contributed by atoms with Gasteiger partial charge in [-0.2, -0.15) is 0 Å². The fourth-order valence-corrected chi connectivity index (χ4v) is 2.42. The Morgan fingerprint density at radius 3 is 2.37 bits per heavy atom. The van der Waals surface area contributed by atoms with Crippen molar-refractivity contribution in [3.63, 3.8) is 0 Å². The highest BCUT2D eigenvalue weighted by molar-refractivity contribution is 5.96. The van der Waals surface area contributed by atoms with E-state index in [9.17, 15) is 18.4 Å². The molecule has 0 heterocycles. The van der Waals surface area contributed by atoms with Crippen LogP contribution >= 0.6 is 0 Å². The van der Waals surface area contributed by atoms with Gasteiger partial charge in [-0.05, 0) is 56.7 Å². The molecule has 0 aromatic heterocycles. The Morgan fingerprint density at radius 1 is 1.00 bits per heavy atom. The quantitative estimate of drug-likeness (QED) is 0.483. The number of carbonyl (C=O) groups excluding carboxylic acids is 2. The fourth-order valence-electron chi connectivity index (χ4n) is 2.42. The lowest BCUT2D eigenvalue weighted by molar-refractivity contribution is -0.148. The molecule has 0 aliphatic carbocycles. The normalized spacial score (nSPS) is 11.8. The number of benzene rings is 2. The highest BCUT2D eigenvalue weighted by atomic mass is 19.2. The molecule has 1 N–H and O–H groups in total. The minimum Gasteiger partial charge on any atom is -0.490 e. The zero-order valence-corrected chi connectivity index (χ0v) is 16.9. The third-order valence-electron chi connectivity index (χ3n) is 3.83. The van der Waals surface area contributed by atoms with Gasteiger partial charge in [0.15, 0.2) is 29.2 Å². The summed E-state index contributed by atoms with van der Waals surface area (Å²) in [5.41, 5.74) is 0.730. The van der Waals surface area contributed by atoms with E-state index in [0.29, 0.717) is 30.3 Å². The molecular formula is C22H23F2NO5. The molecule has 160 valence electrons. The van der Waals surface area contributed by atoms with Crippen molar-refractivity contribution in [3.8, 4) is 11.5 Å². The van der Waals surface area contributed by atoms with Crippen molar-refractivity contribution >= 4 is 23.6 Å². The van der Waals surface area contributed by atoms with Gasteiger partial charge in [0.05, 0.1) is 13.2 Å². The van der Waals surface area contributed by atoms with Gasteiger partial charge in [0.1, 0.15) is 0 Å². The van der Waals surface area contributed by atoms with Crippen LogP contribution in [0.15, 0.2) is 42.5 Å². The molecule has 2 aromatic rings. The standard InChI is InChI=1S/C22H23F2NO5/c1-4-28-19-10-6-15(12-20(19)29-5-2)7-11-21(26)30-14(3)22(27)25-16-8-9-17(23)18(24)13-16/h6-14H,4-5H2,1-3H3,(H,25,27)/b11-7+/t14-/m1/s1. The Bertz CT molecular complexity index is 930. The molecule has 1 amide bonds. The summed E-state index contributed by atoms with van der Waals surface area (Å²) < 4.78 is 42.2. The van der Waals surface area contributed by atoms with Crippen molar-refractivity contribution in [1.29, 1.82) is 0 Å². The van der Waals surface area contributed by atoms with Gasteiger partial charge >= 0.3 is 5.97 Å². The van der Waals surface area contributed by atoms with Gasteiger partial charge in [-0.15, -0.1) is 0 Å². The van der Waals surface area contributed by atoms with Gasteiger partial charge in [0.2, 0.25) is 0 Å². The fraction of sp³-hybridized carbons (Fsp3) is 0.273. The number of carbonyl (C=O) groups is 2. The van der Waals surface area contributed by atoms with Crippen LogP contribution in [0.1, 0.15) is 26.3 Å². The summed E-state index contributed by atoms with van der Waals surface area (Å²) in [5.74, 6) is -2.39. The summed E-state index contributed by atoms with van der Waals surface area (Å²) in [6.45, 7) is 6.03. The lowest BCUT2D eigenvalue weighted by Gasteiger charge is -2.13. The number of esters is 1. The van der Waals surface area contributed by atoms with Crippen LogP contribution in [-0.4, -0.2) is 31.2 Å². The number of nitrogens with one attached hydrogen (secondary N) is 1. The van der Waals surface area contributed by atoms with Crippen LogP contribution in [0.3, 0.4) is 0 Å². The average Bonchev–Trinajstić information content (AvgIpc) is 2.71. The molecular weight excluding hydrogens is 396 g/mol. The third kappa shape index (κ3) is 6.58. The van der Waals surface area contributed by atoms with Crippen molar-refractivity contribution < 1.29 is 32.6 Å². The molecule has 2 aromatic carbocycles. The predicted octanol–water partition coefficient (Wildman–Crippen LogP) is 4.35. The van der Waals surface area contributed by atoms with E-state index in [2.05, 4.69) is 5.32 Å². The van der Waals surface area contributed by atoms with Crippen LogP contribution in [0.2, 0.25) is 0 Å². The molecule has 0 fully saturated rings. The van der Waals surface area contributed by atoms with Crippen molar-refractivity contribution in [3.05, 3.63) is 59.7 Å².